The number of rotatable bonds is 10. The van der Waals surface area contributed by atoms with E-state index in [0.717, 1.165) is 17.7 Å². The van der Waals surface area contributed by atoms with Gasteiger partial charge >= 0.3 is 6.61 Å². The van der Waals surface area contributed by atoms with Crippen LogP contribution < -0.4 is 25.4 Å². The van der Waals surface area contributed by atoms with Crippen molar-refractivity contribution in [1.29, 1.82) is 0 Å². The van der Waals surface area contributed by atoms with Gasteiger partial charge in [0.05, 0.1) is 7.11 Å². The highest BCUT2D eigenvalue weighted by Crippen LogP contribution is 2.25. The molecule has 0 radical (unpaired) electrons. The van der Waals surface area contributed by atoms with E-state index in [9.17, 15) is 13.6 Å². The highest BCUT2D eigenvalue weighted by Gasteiger charge is 2.12. The smallest absolute Gasteiger partial charge is 0.387 e. The van der Waals surface area contributed by atoms with E-state index in [1.165, 1.54) is 13.2 Å². The van der Waals surface area contributed by atoms with Crippen LogP contribution in [0.15, 0.2) is 47.5 Å². The maximum Gasteiger partial charge on any atom is 0.387 e. The third kappa shape index (κ3) is 7.72. The minimum Gasteiger partial charge on any atom is -0.497 e. The Morgan fingerprint density at radius 1 is 1.12 bits per heavy atom. The summed E-state index contributed by atoms with van der Waals surface area (Å²) in [6.07, 6.45) is 0.770. The number of halogens is 2. The second-order valence-electron chi connectivity index (χ2n) is 7.13. The van der Waals surface area contributed by atoms with E-state index in [1.807, 2.05) is 38.1 Å². The third-order valence-corrected chi connectivity index (χ3v) is 4.87. The largest absolute Gasteiger partial charge is 0.497 e. The number of guanidine groups is 1. The number of benzene rings is 2. The van der Waals surface area contributed by atoms with Gasteiger partial charge in [0.1, 0.15) is 11.5 Å². The summed E-state index contributed by atoms with van der Waals surface area (Å²) < 4.78 is 35.1. The Hall–Kier alpha value is -3.36. The van der Waals surface area contributed by atoms with Crippen molar-refractivity contribution in [3.8, 4) is 11.5 Å². The molecule has 1 atom stereocenters. The Morgan fingerprint density at radius 3 is 2.53 bits per heavy atom. The molecular formula is C23H30F2N4O3. The second kappa shape index (κ2) is 12.5. The van der Waals surface area contributed by atoms with Gasteiger partial charge in [0.2, 0.25) is 5.91 Å². The summed E-state index contributed by atoms with van der Waals surface area (Å²) in [5, 5.41) is 9.16. The zero-order chi connectivity index (χ0) is 23.5. The molecule has 32 heavy (non-hydrogen) atoms. The molecule has 0 aliphatic heterocycles. The minimum atomic E-state index is -2.92. The van der Waals surface area contributed by atoms with Crippen LogP contribution in [-0.4, -0.2) is 32.6 Å². The van der Waals surface area contributed by atoms with E-state index in [0.29, 0.717) is 23.8 Å². The SMILES string of the molecule is CCC(C)C(=O)Nc1cccc(CNC(=NC)NCc2cc(OC)ccc2OC(F)F)c1. The lowest BCUT2D eigenvalue weighted by molar-refractivity contribution is -0.119. The van der Waals surface area contributed by atoms with Gasteiger partial charge in [-0.05, 0) is 42.3 Å². The number of nitrogens with zero attached hydrogens (tertiary/aromatic N) is 1. The van der Waals surface area contributed by atoms with Crippen molar-refractivity contribution >= 4 is 17.6 Å². The van der Waals surface area contributed by atoms with E-state index in [-0.39, 0.29) is 24.1 Å². The van der Waals surface area contributed by atoms with Crippen LogP contribution in [0.1, 0.15) is 31.4 Å². The topological polar surface area (TPSA) is 84.0 Å². The van der Waals surface area contributed by atoms with E-state index in [4.69, 9.17) is 4.74 Å². The van der Waals surface area contributed by atoms with Crippen molar-refractivity contribution in [2.75, 3.05) is 19.5 Å². The summed E-state index contributed by atoms with van der Waals surface area (Å²) in [6, 6.07) is 12.1. The molecule has 2 aromatic rings. The molecule has 1 unspecified atom stereocenters. The van der Waals surface area contributed by atoms with Gasteiger partial charge < -0.3 is 25.4 Å². The molecule has 0 bridgehead atoms. The lowest BCUT2D eigenvalue weighted by Crippen LogP contribution is -2.36. The summed E-state index contributed by atoms with van der Waals surface area (Å²) in [5.74, 6) is 0.992. The Bertz CT molecular complexity index is 922. The predicted octanol–water partition coefficient (Wildman–Crippen LogP) is 4.15. The molecular weight excluding hydrogens is 418 g/mol. The van der Waals surface area contributed by atoms with Crippen molar-refractivity contribution in [3.05, 3.63) is 53.6 Å². The molecule has 2 aromatic carbocycles. The van der Waals surface area contributed by atoms with E-state index in [2.05, 4.69) is 25.7 Å². The fourth-order valence-electron chi connectivity index (χ4n) is 2.83. The first kappa shape index (κ1) is 24.9. The molecule has 0 spiro atoms. The van der Waals surface area contributed by atoms with Gasteiger partial charge in [-0.25, -0.2) is 0 Å². The average Bonchev–Trinajstić information content (AvgIpc) is 2.79. The number of anilines is 1. The summed E-state index contributed by atoms with van der Waals surface area (Å²) in [6.45, 7) is 1.58. The number of amides is 1. The number of alkyl halides is 2. The number of aliphatic imine (C=N–C) groups is 1. The number of hydrogen-bond donors (Lipinski definition) is 3. The molecule has 0 fully saturated rings. The molecule has 0 aliphatic carbocycles. The zero-order valence-electron chi connectivity index (χ0n) is 18.7. The van der Waals surface area contributed by atoms with Crippen LogP contribution in [0.3, 0.4) is 0 Å². The van der Waals surface area contributed by atoms with Crippen molar-refractivity contribution in [1.82, 2.24) is 10.6 Å². The lowest BCUT2D eigenvalue weighted by Gasteiger charge is -2.16. The third-order valence-electron chi connectivity index (χ3n) is 4.87. The van der Waals surface area contributed by atoms with Gasteiger partial charge in [0.15, 0.2) is 5.96 Å². The molecule has 7 nitrogen and oxygen atoms in total. The Balaban J connectivity index is 1.98. The van der Waals surface area contributed by atoms with Crippen molar-refractivity contribution in [2.45, 2.75) is 40.0 Å². The minimum absolute atomic E-state index is 0.0183. The Morgan fingerprint density at radius 2 is 1.88 bits per heavy atom. The van der Waals surface area contributed by atoms with Crippen LogP contribution in [0, 0.1) is 5.92 Å². The molecule has 0 aromatic heterocycles. The van der Waals surface area contributed by atoms with E-state index in [1.54, 1.807) is 19.2 Å². The van der Waals surface area contributed by atoms with E-state index < -0.39 is 6.61 Å². The van der Waals surface area contributed by atoms with Crippen LogP contribution in [0.25, 0.3) is 0 Å². The van der Waals surface area contributed by atoms with Crippen molar-refractivity contribution < 1.29 is 23.0 Å². The van der Waals surface area contributed by atoms with Crippen LogP contribution in [-0.2, 0) is 17.9 Å². The van der Waals surface area contributed by atoms with Crippen LogP contribution >= 0.6 is 0 Å². The molecule has 0 aliphatic rings. The quantitative estimate of drug-likeness (QED) is 0.376. The highest BCUT2D eigenvalue weighted by molar-refractivity contribution is 5.92. The molecule has 0 saturated carbocycles. The number of carbonyl (C=O) groups is 1. The van der Waals surface area contributed by atoms with Crippen LogP contribution in [0.4, 0.5) is 14.5 Å². The van der Waals surface area contributed by atoms with Gasteiger partial charge in [0.25, 0.3) is 0 Å². The fraction of sp³-hybridized carbons (Fsp3) is 0.391. The van der Waals surface area contributed by atoms with Crippen molar-refractivity contribution in [2.24, 2.45) is 10.9 Å². The normalized spacial score (nSPS) is 12.3. The predicted molar refractivity (Wildman–Crippen MR) is 121 cm³/mol. The molecule has 0 heterocycles. The molecule has 9 heteroatoms. The first-order valence-corrected chi connectivity index (χ1v) is 10.3. The standard InChI is InChI=1S/C23H30F2N4O3/c1-5-15(2)21(30)29-18-8-6-7-16(11-18)13-27-23(26-3)28-14-17-12-19(31-4)9-10-20(17)32-22(24)25/h6-12,15,22H,5,13-14H2,1-4H3,(H,29,30)(H2,26,27,28). The molecule has 0 saturated heterocycles. The monoisotopic (exact) mass is 448 g/mol. The van der Waals surface area contributed by atoms with Gasteiger partial charge in [-0.1, -0.05) is 26.0 Å². The number of methoxy groups -OCH3 is 1. The molecule has 2 rings (SSSR count). The number of ether oxygens (including phenoxy) is 2. The van der Waals surface area contributed by atoms with Gasteiger partial charge in [0, 0.05) is 37.3 Å². The zero-order valence-corrected chi connectivity index (χ0v) is 18.7. The first-order chi connectivity index (χ1) is 15.4. The second-order valence-corrected chi connectivity index (χ2v) is 7.13. The van der Waals surface area contributed by atoms with Crippen LogP contribution in [0.5, 0.6) is 11.5 Å². The van der Waals surface area contributed by atoms with Gasteiger partial charge in [-0.3, -0.25) is 9.79 Å². The molecule has 3 N–H and O–H groups in total. The highest BCUT2D eigenvalue weighted by atomic mass is 19.3. The number of carbonyl (C=O) groups excluding carboxylic acids is 1. The van der Waals surface area contributed by atoms with E-state index >= 15 is 0 Å². The Kier molecular flexibility index (Phi) is 9.72. The Labute approximate surface area is 187 Å². The fourth-order valence-corrected chi connectivity index (χ4v) is 2.83. The van der Waals surface area contributed by atoms with Crippen LogP contribution in [0.2, 0.25) is 0 Å². The average molecular weight is 449 g/mol. The van der Waals surface area contributed by atoms with Gasteiger partial charge in [-0.15, -0.1) is 0 Å². The summed E-state index contributed by atoms with van der Waals surface area (Å²) >= 11 is 0. The number of nitrogens with one attached hydrogen (secondary N) is 3. The molecule has 1 amide bonds. The molecule has 174 valence electrons. The summed E-state index contributed by atoms with van der Waals surface area (Å²) in [4.78, 5) is 16.3. The number of hydrogen-bond acceptors (Lipinski definition) is 4. The summed E-state index contributed by atoms with van der Waals surface area (Å²) in [5.41, 5.74) is 2.17. The maximum atomic E-state index is 12.7. The van der Waals surface area contributed by atoms with Gasteiger partial charge in [-0.2, -0.15) is 8.78 Å². The lowest BCUT2D eigenvalue weighted by atomic mass is 10.1. The maximum absolute atomic E-state index is 12.7. The first-order valence-electron chi connectivity index (χ1n) is 10.3. The van der Waals surface area contributed by atoms with Crippen molar-refractivity contribution in [3.63, 3.8) is 0 Å². The summed E-state index contributed by atoms with van der Waals surface area (Å²) in [7, 11) is 3.11.